The van der Waals surface area contributed by atoms with E-state index < -0.39 is 28.5 Å². The van der Waals surface area contributed by atoms with Gasteiger partial charge in [0.1, 0.15) is 6.04 Å². The summed E-state index contributed by atoms with van der Waals surface area (Å²) < 4.78 is 41.1. The van der Waals surface area contributed by atoms with Gasteiger partial charge in [-0.1, -0.05) is 0 Å². The van der Waals surface area contributed by atoms with Crippen LogP contribution in [0.3, 0.4) is 0 Å². The van der Waals surface area contributed by atoms with Gasteiger partial charge in [-0.2, -0.15) is 13.5 Å². The van der Waals surface area contributed by atoms with Gasteiger partial charge in [0.15, 0.2) is 0 Å². The lowest BCUT2D eigenvalue weighted by Crippen LogP contribution is -2.40. The number of aryl methyl sites for hydroxylation is 1. The number of nitrogens with one attached hydrogen (secondary N) is 2. The summed E-state index contributed by atoms with van der Waals surface area (Å²) >= 11 is 0. The number of urea groups is 1. The number of fused-ring (bicyclic) bond motifs is 2. The minimum atomic E-state index is -4.76. The second-order valence-corrected chi connectivity index (χ2v) is 8.98. The lowest BCUT2D eigenvalue weighted by Gasteiger charge is -2.27. The van der Waals surface area contributed by atoms with E-state index in [1.165, 1.54) is 4.90 Å². The maximum atomic E-state index is 12.5. The summed E-state index contributed by atoms with van der Waals surface area (Å²) in [7, 11) is -4.76. The second-order valence-electron chi connectivity index (χ2n) is 7.98. The van der Waals surface area contributed by atoms with Crippen molar-refractivity contribution in [1.29, 1.82) is 0 Å². The first kappa shape index (κ1) is 21.4. The Bertz CT molecular complexity index is 842. The molecule has 1 aromatic rings. The molecule has 2 amide bonds. The minimum Gasteiger partial charge on any atom is -0.423 e. The first-order valence-electron chi connectivity index (χ1n) is 10.4. The van der Waals surface area contributed by atoms with Gasteiger partial charge in [0.2, 0.25) is 11.8 Å². The van der Waals surface area contributed by atoms with E-state index in [1.54, 1.807) is 0 Å². The summed E-state index contributed by atoms with van der Waals surface area (Å²) in [5.74, 6) is 0.880. The molecule has 0 aliphatic carbocycles. The molecule has 3 N–H and O–H groups in total. The van der Waals surface area contributed by atoms with Crippen molar-refractivity contribution in [1.82, 2.24) is 30.8 Å². The minimum absolute atomic E-state index is 0.277. The Morgan fingerprint density at radius 2 is 2.00 bits per heavy atom. The number of amides is 2. The Balaban J connectivity index is 1.25. The third-order valence-corrected chi connectivity index (χ3v) is 6.20. The fraction of sp³-hybridized carbons (Fsp3) is 0.824. The topological polar surface area (TPSA) is 150 Å². The molecule has 2 atom stereocenters. The quantitative estimate of drug-likeness (QED) is 0.361. The average Bonchev–Trinajstić information content (AvgIpc) is 3.27. The van der Waals surface area contributed by atoms with E-state index in [0.717, 1.165) is 45.3 Å². The molecule has 0 radical (unpaired) electrons. The molecule has 12 nitrogen and oxygen atoms in total. The molecule has 13 heteroatoms. The predicted octanol–water partition coefficient (Wildman–Crippen LogP) is 0.409. The highest BCUT2D eigenvalue weighted by Gasteiger charge is 2.49. The van der Waals surface area contributed by atoms with E-state index in [-0.39, 0.29) is 6.54 Å². The van der Waals surface area contributed by atoms with Gasteiger partial charge < -0.3 is 20.0 Å². The molecule has 30 heavy (non-hydrogen) atoms. The summed E-state index contributed by atoms with van der Waals surface area (Å²) in [5.41, 5.74) is 0. The highest BCUT2D eigenvalue weighted by Crippen LogP contribution is 2.38. The number of piperidine rings is 2. The number of rotatable bonds is 9. The molecule has 3 fully saturated rings. The highest BCUT2D eigenvalue weighted by molar-refractivity contribution is 7.80. The van der Waals surface area contributed by atoms with Crippen LogP contribution in [0.2, 0.25) is 0 Å². The van der Waals surface area contributed by atoms with Crippen LogP contribution >= 0.6 is 0 Å². The van der Waals surface area contributed by atoms with E-state index in [1.807, 2.05) is 0 Å². The van der Waals surface area contributed by atoms with E-state index in [0.29, 0.717) is 42.1 Å². The molecule has 3 saturated heterocycles. The molecular weight excluding hydrogens is 416 g/mol. The Morgan fingerprint density at radius 3 is 2.77 bits per heavy atom. The molecule has 1 aromatic heterocycles. The first-order chi connectivity index (χ1) is 14.4. The Kier molecular flexibility index (Phi) is 6.53. The largest absolute Gasteiger partial charge is 0.423 e. The number of hydrogen-bond donors (Lipinski definition) is 3. The number of nitrogens with zero attached hydrogens (tertiary/aromatic N) is 4. The summed E-state index contributed by atoms with van der Waals surface area (Å²) in [6.45, 7) is 3.38. The smallest absolute Gasteiger partial charge is 0.418 e. The van der Waals surface area contributed by atoms with Crippen LogP contribution in [-0.2, 0) is 21.1 Å². The van der Waals surface area contributed by atoms with Crippen LogP contribution in [0.5, 0.6) is 0 Å². The van der Waals surface area contributed by atoms with Crippen molar-refractivity contribution < 1.29 is 26.5 Å². The third kappa shape index (κ3) is 5.09. The van der Waals surface area contributed by atoms with E-state index in [2.05, 4.69) is 25.1 Å². The van der Waals surface area contributed by atoms with Crippen LogP contribution in [0.25, 0.3) is 0 Å². The average molecular weight is 445 g/mol. The van der Waals surface area contributed by atoms with Gasteiger partial charge in [-0.05, 0) is 58.2 Å². The van der Waals surface area contributed by atoms with Gasteiger partial charge in [-0.25, -0.2) is 4.79 Å². The maximum Gasteiger partial charge on any atom is 0.418 e. The number of unbranched alkanes of at least 4 members (excludes halogenated alkanes) is 1. The van der Waals surface area contributed by atoms with Gasteiger partial charge in [0, 0.05) is 19.0 Å². The molecular formula is C17H28N6O6S. The Hall–Kier alpha value is -1.80. The van der Waals surface area contributed by atoms with Crippen molar-refractivity contribution >= 4 is 16.4 Å². The summed E-state index contributed by atoms with van der Waals surface area (Å²) in [6, 6.07) is -0.903. The van der Waals surface area contributed by atoms with Gasteiger partial charge in [0.05, 0.1) is 6.04 Å². The molecule has 3 aliphatic heterocycles. The van der Waals surface area contributed by atoms with Crippen molar-refractivity contribution in [3.8, 4) is 0 Å². The van der Waals surface area contributed by atoms with Crippen molar-refractivity contribution in [2.45, 2.75) is 63.1 Å². The zero-order valence-corrected chi connectivity index (χ0v) is 17.5. The van der Waals surface area contributed by atoms with Crippen LogP contribution < -0.4 is 10.6 Å². The second kappa shape index (κ2) is 9.14. The summed E-state index contributed by atoms with van der Waals surface area (Å²) in [6.07, 6.45) is 5.98. The van der Waals surface area contributed by atoms with Gasteiger partial charge >= 0.3 is 16.4 Å². The van der Waals surface area contributed by atoms with Crippen LogP contribution in [-0.4, -0.2) is 77.4 Å². The van der Waals surface area contributed by atoms with Gasteiger partial charge in [-0.3, -0.25) is 4.55 Å². The summed E-state index contributed by atoms with van der Waals surface area (Å²) in [5, 5.41) is 15.8. The number of carbonyl (C=O) groups excluding carboxylic acids is 1. The molecule has 4 heterocycles. The third-order valence-electron chi connectivity index (χ3n) is 5.85. The zero-order chi connectivity index (χ0) is 21.1. The van der Waals surface area contributed by atoms with E-state index in [4.69, 9.17) is 8.97 Å². The zero-order valence-electron chi connectivity index (χ0n) is 16.7. The van der Waals surface area contributed by atoms with Crippen molar-refractivity contribution in [3.05, 3.63) is 11.8 Å². The van der Waals surface area contributed by atoms with Crippen molar-refractivity contribution in [3.63, 3.8) is 0 Å². The monoisotopic (exact) mass is 444 g/mol. The number of aromatic nitrogens is 2. The summed E-state index contributed by atoms with van der Waals surface area (Å²) in [4.78, 5) is 13.9. The fourth-order valence-electron chi connectivity index (χ4n) is 4.32. The standard InChI is InChI=1S/C17H28N6O6S/c24-17-22-11-13(23(17)29-30(25,26)27)4-5-14(22)16-21-20-15(28-16)3-1-2-8-19-12-6-9-18-10-7-12/h12-14,18-19H,1-11H2,(H,25,26,27)/t13-,14-/m0/s1. The van der Waals surface area contributed by atoms with Crippen LogP contribution in [0, 0.1) is 0 Å². The first-order valence-corrected chi connectivity index (χ1v) is 11.8. The highest BCUT2D eigenvalue weighted by atomic mass is 32.3. The molecule has 3 aliphatic rings. The van der Waals surface area contributed by atoms with Crippen LogP contribution in [0.4, 0.5) is 4.79 Å². The van der Waals surface area contributed by atoms with E-state index in [9.17, 15) is 13.2 Å². The predicted molar refractivity (Wildman–Crippen MR) is 103 cm³/mol. The lowest BCUT2D eigenvalue weighted by molar-refractivity contribution is -0.0317. The molecule has 0 aromatic carbocycles. The van der Waals surface area contributed by atoms with Crippen LogP contribution in [0.15, 0.2) is 4.42 Å². The number of hydrogen-bond acceptors (Lipinski definition) is 9. The number of hydroxylamine groups is 2. The SMILES string of the molecule is O=C1N2C[C@H](CC[C@H]2c2nnc(CCCCNC3CCNCC3)o2)N1OS(=O)(=O)O. The molecule has 0 spiro atoms. The Morgan fingerprint density at radius 1 is 1.20 bits per heavy atom. The lowest BCUT2D eigenvalue weighted by atomic mass is 10.0. The Labute approximate surface area is 175 Å². The molecule has 2 bridgehead atoms. The maximum absolute atomic E-state index is 12.5. The molecule has 0 saturated carbocycles. The normalized spacial score (nSPS) is 25.3. The fourth-order valence-corrected chi connectivity index (χ4v) is 4.71. The van der Waals surface area contributed by atoms with E-state index >= 15 is 0 Å². The van der Waals surface area contributed by atoms with Crippen LogP contribution in [0.1, 0.15) is 56.3 Å². The van der Waals surface area contributed by atoms with Gasteiger partial charge in [-0.15, -0.1) is 14.5 Å². The van der Waals surface area contributed by atoms with Crippen molar-refractivity contribution in [2.24, 2.45) is 0 Å². The molecule has 4 rings (SSSR count). The molecule has 0 unspecified atom stereocenters. The molecule has 168 valence electrons. The van der Waals surface area contributed by atoms with Gasteiger partial charge in [0.25, 0.3) is 0 Å². The van der Waals surface area contributed by atoms with Crippen molar-refractivity contribution in [2.75, 3.05) is 26.2 Å². The number of carbonyl (C=O) groups is 1.